The van der Waals surface area contributed by atoms with Crippen LogP contribution in [-0.2, 0) is 24.0 Å². The number of hydrogen-bond acceptors (Lipinski definition) is 15. The van der Waals surface area contributed by atoms with Crippen molar-refractivity contribution in [3.63, 3.8) is 0 Å². The first-order valence-corrected chi connectivity index (χ1v) is 16.3. The van der Waals surface area contributed by atoms with Crippen molar-refractivity contribution in [2.45, 2.75) is 101 Å². The topological polar surface area (TPSA) is 518 Å². The third-order valence-corrected chi connectivity index (χ3v) is 6.02. The fourth-order valence-corrected chi connectivity index (χ4v) is 2.90. The molecule has 0 rings (SSSR count). The Kier molecular flexibility index (Phi) is 43.1. The van der Waals surface area contributed by atoms with Crippen molar-refractivity contribution in [2.75, 3.05) is 32.7 Å². The van der Waals surface area contributed by atoms with E-state index in [-0.39, 0.29) is 11.9 Å². The van der Waals surface area contributed by atoms with Gasteiger partial charge in [0, 0.05) is 13.1 Å². The van der Waals surface area contributed by atoms with Crippen LogP contribution in [-0.4, -0.2) is 130 Å². The Balaban J connectivity index is -0.000000179. The summed E-state index contributed by atoms with van der Waals surface area (Å²) >= 11 is 0. The van der Waals surface area contributed by atoms with Gasteiger partial charge in [-0.05, 0) is 83.8 Å². The molecule has 0 saturated carbocycles. The average Bonchev–Trinajstić information content (AvgIpc) is 3.06. The lowest BCUT2D eigenvalue weighted by Gasteiger charge is -2.06. The lowest BCUT2D eigenvalue weighted by molar-refractivity contribution is -0.139. The largest absolute Gasteiger partial charge is 0.480 e. The maximum atomic E-state index is 10.3. The van der Waals surface area contributed by atoms with Crippen molar-refractivity contribution >= 4 is 41.8 Å². The molecule has 0 aliphatic heterocycles. The molecule has 5 atom stereocenters. The second-order valence-electron chi connectivity index (χ2n) is 10.8. The molecule has 0 saturated heterocycles. The molecule has 0 fully saturated rings. The Labute approximate surface area is 303 Å². The minimum absolute atomic E-state index is 0.0671. The van der Waals surface area contributed by atoms with Gasteiger partial charge in [-0.15, -0.1) is 0 Å². The third kappa shape index (κ3) is 50.0. The lowest BCUT2D eigenvalue weighted by atomic mass is 10.1. The summed E-state index contributed by atoms with van der Waals surface area (Å²) in [5, 5.41) is 60.3. The zero-order chi connectivity index (χ0) is 41.7. The number of hydrogen-bond donors (Lipinski definition) is 19. The van der Waals surface area contributed by atoms with E-state index in [2.05, 4.69) is 10.6 Å². The van der Waals surface area contributed by atoms with Crippen LogP contribution in [0.3, 0.4) is 0 Å². The summed E-state index contributed by atoms with van der Waals surface area (Å²) in [5.74, 6) is -5.03. The molecule has 0 bridgehead atoms. The normalized spacial score (nSPS) is 12.6. The van der Waals surface area contributed by atoms with Crippen LogP contribution in [0.2, 0.25) is 0 Å². The van der Waals surface area contributed by atoms with E-state index in [0.29, 0.717) is 84.1 Å². The summed E-state index contributed by atoms with van der Waals surface area (Å²) in [6.45, 7) is 2.50. The number of aliphatic carboxylic acids is 5. The van der Waals surface area contributed by atoms with Gasteiger partial charge in [0.25, 0.3) is 0 Å². The number of guanidine groups is 2. The van der Waals surface area contributed by atoms with E-state index >= 15 is 0 Å². The molecule has 0 aromatic carbocycles. The van der Waals surface area contributed by atoms with Crippen LogP contribution >= 0.6 is 0 Å². The zero-order valence-electron chi connectivity index (χ0n) is 29.8. The standard InChI is InChI=1S/C7H16N4O2.C6H14N4O2.C6H14N2O2.C5H12N2O2.C4H10N2O2/c8-5(6(12)13)3-1-2-4-11-7(9)10;7-4(5(11)12)2-1-3-10-6(8)9;7-4-2-1-3-5(8)6(9)10;6-3-1-2-4(7)5(8)9;5-2-1-3(6)4(7)8/h5H,1-4,8H2,(H,12,13)(H4,9,10,11);4H,1-3,7H2,(H,11,12)(H4,8,9,10);5H,1-4,7-8H2,(H,9,10);4H,1-3,6-7H2,(H,8,9);3H,1-2,5-6H2,(H,7,8)/t5-;4-;5-;4-;/m0000./s1. The summed E-state index contributed by atoms with van der Waals surface area (Å²) < 4.78 is 0. The number of carboxylic acid groups (broad SMARTS) is 5. The summed E-state index contributed by atoms with van der Waals surface area (Å²) in [4.78, 5) is 50.6. The van der Waals surface area contributed by atoms with Crippen LogP contribution in [0.1, 0.15) is 70.6 Å². The van der Waals surface area contributed by atoms with Gasteiger partial charge >= 0.3 is 29.8 Å². The first-order valence-electron chi connectivity index (χ1n) is 16.3. The Morgan fingerprint density at radius 3 is 0.962 bits per heavy atom. The van der Waals surface area contributed by atoms with E-state index in [9.17, 15) is 24.0 Å². The highest BCUT2D eigenvalue weighted by molar-refractivity contribution is 5.75. The third-order valence-electron chi connectivity index (χ3n) is 6.02. The molecule has 308 valence electrons. The smallest absolute Gasteiger partial charge is 0.320 e. The van der Waals surface area contributed by atoms with Crippen molar-refractivity contribution in [3.8, 4) is 0 Å². The molecule has 0 aliphatic carbocycles. The van der Waals surface area contributed by atoms with Gasteiger partial charge in [-0.25, -0.2) is 0 Å². The molecular weight excluding hydrogens is 692 g/mol. The van der Waals surface area contributed by atoms with E-state index in [4.69, 9.17) is 93.7 Å². The van der Waals surface area contributed by atoms with Gasteiger partial charge in [-0.3, -0.25) is 34.8 Å². The minimum atomic E-state index is -1.00. The van der Waals surface area contributed by atoms with Crippen LogP contribution in [0.25, 0.3) is 0 Å². The van der Waals surface area contributed by atoms with Crippen LogP contribution in [0.4, 0.5) is 0 Å². The second-order valence-corrected chi connectivity index (χ2v) is 10.8. The molecule has 52 heavy (non-hydrogen) atoms. The first kappa shape index (κ1) is 56.9. The molecule has 0 radical (unpaired) electrons. The van der Waals surface area contributed by atoms with Gasteiger partial charge in [0.2, 0.25) is 0 Å². The average molecular weight is 759 g/mol. The highest BCUT2D eigenvalue weighted by Crippen LogP contribution is 1.98. The van der Waals surface area contributed by atoms with Gasteiger partial charge in [0.15, 0.2) is 11.9 Å². The maximum absolute atomic E-state index is 10.3. The summed E-state index contributed by atoms with van der Waals surface area (Å²) in [6.07, 6.45) is 6.55. The second kappa shape index (κ2) is 39.4. The molecular formula is C28H66N14O10. The van der Waals surface area contributed by atoms with Gasteiger partial charge in [-0.1, -0.05) is 6.42 Å². The summed E-state index contributed by atoms with van der Waals surface area (Å²) in [6, 6.07) is -3.85. The fourth-order valence-electron chi connectivity index (χ4n) is 2.90. The van der Waals surface area contributed by atoms with Gasteiger partial charge in [0.1, 0.15) is 30.2 Å². The molecule has 0 spiro atoms. The van der Waals surface area contributed by atoms with Crippen molar-refractivity contribution < 1.29 is 49.5 Å². The van der Waals surface area contributed by atoms with Crippen molar-refractivity contribution in [3.05, 3.63) is 0 Å². The van der Waals surface area contributed by atoms with Crippen molar-refractivity contribution in [1.29, 1.82) is 10.8 Å². The SMILES string of the molecule is N=C(N)NCCCC[C@H](N)C(=O)O.N=C(N)NCCC[C@H](N)C(=O)O.NCCC(N)C(=O)O.NCCCC[C@H](N)C(=O)O.NCCC[C@H](N)C(=O)O. The van der Waals surface area contributed by atoms with E-state index in [1.54, 1.807) is 0 Å². The lowest BCUT2D eigenvalue weighted by Crippen LogP contribution is -2.34. The summed E-state index contributed by atoms with van der Waals surface area (Å²) in [5.41, 5.74) is 51.3. The van der Waals surface area contributed by atoms with Crippen LogP contribution in [0.15, 0.2) is 0 Å². The Morgan fingerprint density at radius 2 is 0.692 bits per heavy atom. The predicted molar refractivity (Wildman–Crippen MR) is 196 cm³/mol. The Morgan fingerprint density at radius 1 is 0.423 bits per heavy atom. The molecule has 0 heterocycles. The van der Waals surface area contributed by atoms with E-state index in [1.165, 1.54) is 0 Å². The maximum Gasteiger partial charge on any atom is 0.320 e. The van der Waals surface area contributed by atoms with E-state index in [0.717, 1.165) is 19.3 Å². The molecule has 0 amide bonds. The Bertz CT molecular complexity index is 982. The Hall–Kier alpha value is -4.43. The molecule has 0 aliphatic rings. The number of nitrogens with one attached hydrogen (secondary N) is 4. The number of rotatable bonds is 23. The van der Waals surface area contributed by atoms with Crippen LogP contribution in [0.5, 0.6) is 0 Å². The van der Waals surface area contributed by atoms with Gasteiger partial charge < -0.3 is 93.5 Å². The van der Waals surface area contributed by atoms with Crippen LogP contribution < -0.4 is 68.0 Å². The molecule has 0 aromatic heterocycles. The monoisotopic (exact) mass is 759 g/mol. The van der Waals surface area contributed by atoms with E-state index < -0.39 is 60.1 Å². The first-order chi connectivity index (χ1) is 24.1. The number of carbonyl (C=O) groups is 5. The fraction of sp³-hybridized carbons (Fsp3) is 0.750. The van der Waals surface area contributed by atoms with Gasteiger partial charge in [-0.2, -0.15) is 0 Å². The summed E-state index contributed by atoms with van der Waals surface area (Å²) in [7, 11) is 0. The molecule has 0 aromatic rings. The number of unbranched alkanes of at least 4 members (excludes halogenated alkanes) is 2. The highest BCUT2D eigenvalue weighted by Gasteiger charge is 2.12. The molecule has 1 unspecified atom stereocenters. The quantitative estimate of drug-likeness (QED) is 0.0264. The highest BCUT2D eigenvalue weighted by atomic mass is 16.4. The molecule has 24 nitrogen and oxygen atoms in total. The zero-order valence-corrected chi connectivity index (χ0v) is 29.8. The molecule has 24 heteroatoms. The van der Waals surface area contributed by atoms with Crippen LogP contribution in [0, 0.1) is 10.8 Å². The van der Waals surface area contributed by atoms with E-state index in [1.807, 2.05) is 0 Å². The molecule has 29 N–H and O–H groups in total. The predicted octanol–water partition coefficient (Wildman–Crippen LogP) is -4.88. The number of carboxylic acids is 5. The number of nitrogens with two attached hydrogens (primary N) is 10. The minimum Gasteiger partial charge on any atom is -0.480 e. The van der Waals surface area contributed by atoms with Gasteiger partial charge in [0.05, 0.1) is 0 Å². The van der Waals surface area contributed by atoms with Crippen molar-refractivity contribution in [1.82, 2.24) is 10.6 Å². The van der Waals surface area contributed by atoms with Crippen molar-refractivity contribution in [2.24, 2.45) is 57.3 Å².